The molecule has 6 atom stereocenters. The van der Waals surface area contributed by atoms with Gasteiger partial charge in [0.15, 0.2) is 6.10 Å². The van der Waals surface area contributed by atoms with Gasteiger partial charge in [0.25, 0.3) is 5.91 Å². The predicted molar refractivity (Wildman–Crippen MR) is 175 cm³/mol. The quantitative estimate of drug-likeness (QED) is 0.216. The van der Waals surface area contributed by atoms with Gasteiger partial charge in [-0.15, -0.1) is 0 Å². The molecule has 12 heteroatoms. The van der Waals surface area contributed by atoms with Crippen molar-refractivity contribution in [2.45, 2.75) is 91.6 Å². The lowest BCUT2D eigenvalue weighted by Crippen LogP contribution is -2.39. The lowest BCUT2D eigenvalue weighted by atomic mass is 9.85. The molecule has 0 saturated carbocycles. The van der Waals surface area contributed by atoms with Gasteiger partial charge in [-0.3, -0.25) is 14.4 Å². The third kappa shape index (κ3) is 10.9. The van der Waals surface area contributed by atoms with E-state index in [0.717, 1.165) is 13.1 Å². The first-order valence-electron chi connectivity index (χ1n) is 16.1. The number of carbonyl (C=O) groups is 4. The van der Waals surface area contributed by atoms with Crippen molar-refractivity contribution < 1.29 is 38.5 Å². The first kappa shape index (κ1) is 38.9. The van der Waals surface area contributed by atoms with Crippen molar-refractivity contribution in [1.82, 2.24) is 15.5 Å². The lowest BCUT2D eigenvalue weighted by molar-refractivity contribution is -0.120. The number of hydrogen-bond acceptors (Lipinski definition) is 10. The summed E-state index contributed by atoms with van der Waals surface area (Å²) in [6.45, 7) is 14.2. The average molecular weight is 647 g/mol. The number of ether oxygens (including phenoxy) is 3. The van der Waals surface area contributed by atoms with Gasteiger partial charge in [-0.2, -0.15) is 0 Å². The minimum absolute atomic E-state index is 0.0846. The normalized spacial score (nSPS) is 29.8. The molecule has 0 aromatic carbocycles. The number of Topliss-reactive ketones (excluding diaryl/α,β-unsaturated/α-hetero) is 1. The summed E-state index contributed by atoms with van der Waals surface area (Å²) in [6, 6.07) is 0. The highest BCUT2D eigenvalue weighted by atomic mass is 16.6. The number of carbonyl (C=O) groups excluding carboxylic acids is 4. The van der Waals surface area contributed by atoms with Crippen molar-refractivity contribution in [2.75, 3.05) is 40.4 Å². The van der Waals surface area contributed by atoms with Crippen molar-refractivity contribution in [2.24, 2.45) is 17.6 Å². The van der Waals surface area contributed by atoms with Crippen molar-refractivity contribution >= 4 is 23.6 Å². The summed E-state index contributed by atoms with van der Waals surface area (Å²) in [5.74, 6) is -1.93. The number of rotatable bonds is 9. The molecule has 2 rings (SSSR count). The molecule has 2 amide bonds. The molecule has 0 aromatic heterocycles. The highest BCUT2D eigenvalue weighted by Crippen LogP contribution is 2.29. The summed E-state index contributed by atoms with van der Waals surface area (Å²) >= 11 is 0. The lowest BCUT2D eigenvalue weighted by Gasteiger charge is -2.30. The van der Waals surface area contributed by atoms with Gasteiger partial charge in [0.05, 0.1) is 29.7 Å². The number of likely N-dealkylation sites (N-methyl/N-ethyl adjacent to an activating group) is 1. The Morgan fingerprint density at radius 3 is 2.35 bits per heavy atom. The van der Waals surface area contributed by atoms with Crippen LogP contribution in [0, 0.1) is 11.8 Å². The van der Waals surface area contributed by atoms with E-state index in [1.807, 2.05) is 19.9 Å². The molecule has 1 heterocycles. The van der Waals surface area contributed by atoms with E-state index in [2.05, 4.69) is 29.4 Å². The van der Waals surface area contributed by atoms with Crippen molar-refractivity contribution in [3.8, 4) is 0 Å². The molecule has 0 fully saturated rings. The number of allylic oxidation sites excluding steroid dienone is 3. The molecule has 2 bridgehead atoms. The molecule has 2 aliphatic rings. The average Bonchev–Trinajstić information content (AvgIpc) is 3.01. The van der Waals surface area contributed by atoms with E-state index in [4.69, 9.17) is 19.9 Å². The van der Waals surface area contributed by atoms with Gasteiger partial charge in [-0.05, 0) is 64.1 Å². The summed E-state index contributed by atoms with van der Waals surface area (Å²) < 4.78 is 16.8. The van der Waals surface area contributed by atoms with E-state index in [0.29, 0.717) is 43.5 Å². The predicted octanol–water partition coefficient (Wildman–Crippen LogP) is 2.92. The Morgan fingerprint density at radius 1 is 1.11 bits per heavy atom. The number of amides is 2. The number of nitrogens with two attached hydrogens (primary N) is 1. The maximum absolute atomic E-state index is 13.8. The second-order valence-corrected chi connectivity index (χ2v) is 12.2. The van der Waals surface area contributed by atoms with Gasteiger partial charge in [-0.25, -0.2) is 4.79 Å². The Balaban J connectivity index is 2.54. The molecule has 258 valence electrons. The van der Waals surface area contributed by atoms with E-state index < -0.39 is 48.1 Å². The van der Waals surface area contributed by atoms with E-state index >= 15 is 0 Å². The van der Waals surface area contributed by atoms with Crippen LogP contribution in [0.4, 0.5) is 4.79 Å². The van der Waals surface area contributed by atoms with Gasteiger partial charge < -0.3 is 40.6 Å². The Labute approximate surface area is 273 Å². The molecule has 0 aromatic rings. The summed E-state index contributed by atoms with van der Waals surface area (Å²) in [7, 11) is 3.00. The molecule has 0 saturated heterocycles. The van der Waals surface area contributed by atoms with Crippen LogP contribution in [0.25, 0.3) is 0 Å². The van der Waals surface area contributed by atoms with Crippen LogP contribution in [0.3, 0.4) is 0 Å². The summed E-state index contributed by atoms with van der Waals surface area (Å²) in [5.41, 5.74) is 6.81. The maximum atomic E-state index is 13.8. The van der Waals surface area contributed by atoms with Gasteiger partial charge >= 0.3 is 6.09 Å². The Bertz CT molecular complexity index is 1220. The number of fused-ring (bicyclic) bond motifs is 2. The highest BCUT2D eigenvalue weighted by molar-refractivity contribution is 6.23. The largest absolute Gasteiger partial charge is 0.439 e. The fraction of sp³-hybridized carbons (Fsp3) is 0.647. The van der Waals surface area contributed by atoms with Gasteiger partial charge in [0.1, 0.15) is 0 Å². The number of aliphatic hydroxyl groups excluding tert-OH is 1. The van der Waals surface area contributed by atoms with Gasteiger partial charge in [0.2, 0.25) is 11.6 Å². The van der Waals surface area contributed by atoms with Gasteiger partial charge in [0, 0.05) is 50.4 Å². The van der Waals surface area contributed by atoms with Crippen LogP contribution in [0.15, 0.2) is 46.3 Å². The number of methoxy groups -OCH3 is 2. The van der Waals surface area contributed by atoms with E-state index in [1.54, 1.807) is 19.9 Å². The first-order chi connectivity index (χ1) is 21.8. The van der Waals surface area contributed by atoms with Crippen LogP contribution in [0.5, 0.6) is 0 Å². The highest BCUT2D eigenvalue weighted by Gasteiger charge is 2.33. The standard InChI is InChI=1S/C34H54N4O8/c1-9-38(10-2)15-14-36-29-24-16-20(3)17-28(45-8)30(40)22(5)18-23(6)32(46-34(35)43)27(44-7)13-11-12-21(4)33(42)37-25(31(24)41)19-26(29)39/h12,18-20,22,27-28,30,32,36,40H,9-11,13-17H2,1-8H3,(H2,35,43)(H,37,42)/b21-12+,23-18+/t20-,22+,27+,28+,30-,32+/m1/s1. The number of hydrogen-bond donors (Lipinski definition) is 4. The van der Waals surface area contributed by atoms with Crippen LogP contribution in [-0.4, -0.2) is 98.4 Å². The minimum atomic E-state index is -0.962. The van der Waals surface area contributed by atoms with E-state index in [-0.39, 0.29) is 35.1 Å². The first-order valence-corrected chi connectivity index (χ1v) is 16.1. The molecule has 1 aliphatic heterocycles. The molecular weight excluding hydrogens is 592 g/mol. The molecule has 5 N–H and O–H groups in total. The number of aliphatic hydroxyl groups is 1. The number of ketones is 2. The Morgan fingerprint density at radius 2 is 1.76 bits per heavy atom. The minimum Gasteiger partial charge on any atom is -0.439 e. The fourth-order valence-corrected chi connectivity index (χ4v) is 5.96. The van der Waals surface area contributed by atoms with Crippen molar-refractivity contribution in [3.63, 3.8) is 0 Å². The molecule has 0 spiro atoms. The number of nitrogens with one attached hydrogen (secondary N) is 2. The van der Waals surface area contributed by atoms with Crippen LogP contribution in [0.1, 0.15) is 67.2 Å². The molecule has 1 aliphatic carbocycles. The Kier molecular flexibility index (Phi) is 15.8. The van der Waals surface area contributed by atoms with Crippen LogP contribution < -0.4 is 16.4 Å². The topological polar surface area (TPSA) is 170 Å². The zero-order valence-corrected chi connectivity index (χ0v) is 28.7. The summed E-state index contributed by atoms with van der Waals surface area (Å²) in [4.78, 5) is 54.4. The molecular formula is C34H54N4O8. The Hall–Kier alpha value is -3.32. The van der Waals surface area contributed by atoms with E-state index in [9.17, 15) is 24.3 Å². The molecule has 46 heavy (non-hydrogen) atoms. The molecule has 0 radical (unpaired) electrons. The van der Waals surface area contributed by atoms with Crippen molar-refractivity contribution in [3.05, 3.63) is 46.3 Å². The molecule has 0 unspecified atom stereocenters. The third-order valence-corrected chi connectivity index (χ3v) is 8.74. The summed E-state index contributed by atoms with van der Waals surface area (Å²) in [5, 5.41) is 17.2. The number of nitrogens with zero attached hydrogens (tertiary/aromatic N) is 1. The van der Waals surface area contributed by atoms with E-state index in [1.165, 1.54) is 20.3 Å². The fourth-order valence-electron chi connectivity index (χ4n) is 5.96. The monoisotopic (exact) mass is 646 g/mol. The van der Waals surface area contributed by atoms with Crippen LogP contribution >= 0.6 is 0 Å². The van der Waals surface area contributed by atoms with Gasteiger partial charge in [-0.1, -0.05) is 39.8 Å². The van der Waals surface area contributed by atoms with Crippen LogP contribution in [-0.2, 0) is 28.6 Å². The SMILES string of the molecule is CCN(CC)CCNC1=C2C[C@@H](C)C[C@H](OC)[C@H](O)[C@@H](C)/C=C(\C)[C@H](OC(N)=O)[C@@H](OC)CC/C=C(\C)C(=O)NC(=CC1=O)C2=O. The summed E-state index contributed by atoms with van der Waals surface area (Å²) in [6.07, 6.45) is 2.09. The second-order valence-electron chi connectivity index (χ2n) is 12.2. The van der Waals surface area contributed by atoms with Crippen molar-refractivity contribution in [1.29, 1.82) is 0 Å². The number of primary amides is 1. The zero-order valence-electron chi connectivity index (χ0n) is 28.7. The zero-order chi connectivity index (χ0) is 34.6. The smallest absolute Gasteiger partial charge is 0.405 e. The van der Waals surface area contributed by atoms with Crippen LogP contribution in [0.2, 0.25) is 0 Å². The maximum Gasteiger partial charge on any atom is 0.405 e. The molecule has 12 nitrogen and oxygen atoms in total. The third-order valence-electron chi connectivity index (χ3n) is 8.74. The second kappa shape index (κ2) is 18.7.